The van der Waals surface area contributed by atoms with E-state index in [0.717, 1.165) is 37.1 Å². The van der Waals surface area contributed by atoms with Crippen LogP contribution in [0.15, 0.2) is 54.6 Å². The highest BCUT2D eigenvalue weighted by Gasteiger charge is 2.38. The van der Waals surface area contributed by atoms with Crippen LogP contribution in [0.3, 0.4) is 0 Å². The molecule has 0 radical (unpaired) electrons. The molecule has 2 unspecified atom stereocenters. The SMILES string of the molecule is N#Cc1ccc(C(F)(F)F)cc1C1=CC2CCC(C1)N2Cc1ccccc1. The van der Waals surface area contributed by atoms with Gasteiger partial charge in [0, 0.05) is 18.6 Å². The fourth-order valence-corrected chi connectivity index (χ4v) is 4.24. The van der Waals surface area contributed by atoms with Gasteiger partial charge in [-0.25, -0.2) is 0 Å². The molecule has 2 atom stereocenters. The van der Waals surface area contributed by atoms with E-state index in [1.54, 1.807) is 0 Å². The average molecular weight is 368 g/mol. The van der Waals surface area contributed by atoms with Gasteiger partial charge in [-0.15, -0.1) is 0 Å². The molecule has 0 aromatic heterocycles. The van der Waals surface area contributed by atoms with Gasteiger partial charge in [0.25, 0.3) is 0 Å². The molecular formula is C22H19F3N2. The molecule has 2 aliphatic heterocycles. The topological polar surface area (TPSA) is 27.0 Å². The van der Waals surface area contributed by atoms with Gasteiger partial charge in [0.1, 0.15) is 0 Å². The summed E-state index contributed by atoms with van der Waals surface area (Å²) in [5.74, 6) is 0. The van der Waals surface area contributed by atoms with Gasteiger partial charge < -0.3 is 0 Å². The summed E-state index contributed by atoms with van der Waals surface area (Å²) in [6.45, 7) is 0.841. The zero-order valence-electron chi connectivity index (χ0n) is 14.7. The van der Waals surface area contributed by atoms with Crippen molar-refractivity contribution in [2.75, 3.05) is 0 Å². The van der Waals surface area contributed by atoms with Crippen molar-refractivity contribution in [3.05, 3.63) is 76.9 Å². The predicted octanol–water partition coefficient (Wildman–Crippen LogP) is 5.40. The molecule has 0 saturated carbocycles. The van der Waals surface area contributed by atoms with Crippen LogP contribution >= 0.6 is 0 Å². The molecule has 0 aliphatic carbocycles. The first-order valence-electron chi connectivity index (χ1n) is 9.08. The maximum absolute atomic E-state index is 13.1. The maximum atomic E-state index is 13.1. The Bertz CT molecular complexity index is 909. The van der Waals surface area contributed by atoms with Crippen molar-refractivity contribution in [2.45, 2.75) is 44.1 Å². The number of fused-ring (bicyclic) bond motifs is 2. The Morgan fingerprint density at radius 3 is 2.52 bits per heavy atom. The van der Waals surface area contributed by atoms with E-state index in [1.165, 1.54) is 11.6 Å². The number of hydrogen-bond acceptors (Lipinski definition) is 2. The lowest BCUT2D eigenvalue weighted by atomic mass is 9.90. The molecule has 1 saturated heterocycles. The molecule has 5 heteroatoms. The summed E-state index contributed by atoms with van der Waals surface area (Å²) >= 11 is 0. The van der Waals surface area contributed by atoms with Gasteiger partial charge in [0.15, 0.2) is 0 Å². The van der Waals surface area contributed by atoms with Crippen molar-refractivity contribution in [3.8, 4) is 6.07 Å². The highest BCUT2D eigenvalue weighted by atomic mass is 19.4. The van der Waals surface area contributed by atoms with Crippen LogP contribution in [0.25, 0.3) is 5.57 Å². The number of nitriles is 1. The van der Waals surface area contributed by atoms with Crippen LogP contribution in [0.1, 0.15) is 41.5 Å². The van der Waals surface area contributed by atoms with Gasteiger partial charge in [0.05, 0.1) is 17.2 Å². The number of benzene rings is 2. The van der Waals surface area contributed by atoms with Gasteiger partial charge in [0.2, 0.25) is 0 Å². The predicted molar refractivity (Wildman–Crippen MR) is 97.5 cm³/mol. The molecule has 0 N–H and O–H groups in total. The lowest BCUT2D eigenvalue weighted by molar-refractivity contribution is -0.137. The Morgan fingerprint density at radius 1 is 1.07 bits per heavy atom. The van der Waals surface area contributed by atoms with Crippen LogP contribution in [-0.2, 0) is 12.7 Å². The normalized spacial score (nSPS) is 22.4. The van der Waals surface area contributed by atoms with Crippen molar-refractivity contribution in [2.24, 2.45) is 0 Å². The third kappa shape index (κ3) is 3.50. The average Bonchev–Trinajstić information content (AvgIpc) is 2.89. The van der Waals surface area contributed by atoms with Gasteiger partial charge in [-0.1, -0.05) is 36.4 Å². The van der Waals surface area contributed by atoms with Crippen molar-refractivity contribution in [3.63, 3.8) is 0 Å². The fraction of sp³-hybridized carbons (Fsp3) is 0.318. The lowest BCUT2D eigenvalue weighted by Crippen LogP contribution is -2.37. The number of hydrogen-bond donors (Lipinski definition) is 0. The number of rotatable bonds is 3. The highest BCUT2D eigenvalue weighted by Crippen LogP contribution is 2.41. The molecule has 138 valence electrons. The molecule has 0 spiro atoms. The fourth-order valence-electron chi connectivity index (χ4n) is 4.24. The minimum Gasteiger partial charge on any atom is -0.289 e. The number of nitrogens with zero attached hydrogens (tertiary/aromatic N) is 2. The third-order valence-electron chi connectivity index (χ3n) is 5.56. The summed E-state index contributed by atoms with van der Waals surface area (Å²) < 4.78 is 39.4. The van der Waals surface area contributed by atoms with E-state index in [1.807, 2.05) is 18.2 Å². The van der Waals surface area contributed by atoms with Crippen LogP contribution in [0.4, 0.5) is 13.2 Å². The first-order chi connectivity index (χ1) is 13.0. The van der Waals surface area contributed by atoms with E-state index in [0.29, 0.717) is 23.6 Å². The van der Waals surface area contributed by atoms with Crippen molar-refractivity contribution in [1.29, 1.82) is 5.26 Å². The van der Waals surface area contributed by atoms with Gasteiger partial charge in [-0.05, 0) is 54.2 Å². The van der Waals surface area contributed by atoms with E-state index in [-0.39, 0.29) is 6.04 Å². The molecule has 2 aromatic carbocycles. The molecule has 2 aromatic rings. The Kier molecular flexibility index (Phi) is 4.53. The number of alkyl halides is 3. The Hall–Kier alpha value is -2.58. The van der Waals surface area contributed by atoms with Gasteiger partial charge in [-0.2, -0.15) is 18.4 Å². The van der Waals surface area contributed by atoms with Gasteiger partial charge >= 0.3 is 6.18 Å². The molecule has 1 fully saturated rings. The Labute approximate surface area is 156 Å². The van der Waals surface area contributed by atoms with Crippen molar-refractivity contribution >= 4 is 5.57 Å². The van der Waals surface area contributed by atoms with Crippen LogP contribution in [0, 0.1) is 11.3 Å². The zero-order chi connectivity index (χ0) is 19.0. The molecular weight excluding hydrogens is 349 g/mol. The van der Waals surface area contributed by atoms with E-state index in [2.05, 4.69) is 29.2 Å². The molecule has 27 heavy (non-hydrogen) atoms. The quantitative estimate of drug-likeness (QED) is 0.726. The van der Waals surface area contributed by atoms with E-state index in [4.69, 9.17) is 0 Å². The maximum Gasteiger partial charge on any atom is 0.416 e. The molecule has 4 rings (SSSR count). The van der Waals surface area contributed by atoms with Crippen LogP contribution in [0.5, 0.6) is 0 Å². The first-order valence-corrected chi connectivity index (χ1v) is 9.08. The van der Waals surface area contributed by atoms with Gasteiger partial charge in [-0.3, -0.25) is 4.90 Å². The van der Waals surface area contributed by atoms with E-state index < -0.39 is 11.7 Å². The molecule has 2 nitrogen and oxygen atoms in total. The molecule has 2 bridgehead atoms. The second-order valence-corrected chi connectivity index (χ2v) is 7.22. The van der Waals surface area contributed by atoms with Crippen LogP contribution in [-0.4, -0.2) is 17.0 Å². The monoisotopic (exact) mass is 368 g/mol. The van der Waals surface area contributed by atoms with E-state index >= 15 is 0 Å². The zero-order valence-corrected chi connectivity index (χ0v) is 14.7. The summed E-state index contributed by atoms with van der Waals surface area (Å²) in [5, 5.41) is 9.37. The van der Waals surface area contributed by atoms with E-state index in [9.17, 15) is 18.4 Å². The Morgan fingerprint density at radius 2 is 1.85 bits per heavy atom. The minimum absolute atomic E-state index is 0.208. The van der Waals surface area contributed by atoms with Crippen molar-refractivity contribution in [1.82, 2.24) is 4.90 Å². The van der Waals surface area contributed by atoms with Crippen LogP contribution in [0.2, 0.25) is 0 Å². The summed E-state index contributed by atoms with van der Waals surface area (Å²) in [6.07, 6.45) is 0.374. The summed E-state index contributed by atoms with van der Waals surface area (Å²) in [5.41, 5.74) is 2.16. The summed E-state index contributed by atoms with van der Waals surface area (Å²) in [7, 11) is 0. The molecule has 2 heterocycles. The smallest absolute Gasteiger partial charge is 0.289 e. The minimum atomic E-state index is -4.41. The lowest BCUT2D eigenvalue weighted by Gasteiger charge is -2.34. The number of halogens is 3. The summed E-state index contributed by atoms with van der Waals surface area (Å²) in [4.78, 5) is 2.43. The first kappa shape index (κ1) is 17.8. The Balaban J connectivity index is 1.65. The van der Waals surface area contributed by atoms with Crippen molar-refractivity contribution < 1.29 is 13.2 Å². The second kappa shape index (κ2) is 6.86. The second-order valence-electron chi connectivity index (χ2n) is 7.22. The largest absolute Gasteiger partial charge is 0.416 e. The van der Waals surface area contributed by atoms with Crippen LogP contribution < -0.4 is 0 Å². The standard InChI is InChI=1S/C22H19F3N2/c23-22(24,25)18-7-6-16(13-26)21(12-18)17-10-19-8-9-20(11-17)27(19)14-15-4-2-1-3-5-15/h1-7,10,12,19-20H,8-9,11,14H2. The molecule has 0 amide bonds. The summed E-state index contributed by atoms with van der Waals surface area (Å²) in [6, 6.07) is 16.2. The highest BCUT2D eigenvalue weighted by molar-refractivity contribution is 5.73. The molecule has 2 aliphatic rings. The third-order valence-corrected chi connectivity index (χ3v) is 5.56.